The number of rotatable bonds is 5. The van der Waals surface area contributed by atoms with E-state index in [0.29, 0.717) is 0 Å². The smallest absolute Gasteiger partial charge is 0.303 e. The van der Waals surface area contributed by atoms with E-state index in [1.807, 2.05) is 0 Å². The van der Waals surface area contributed by atoms with Crippen molar-refractivity contribution >= 4 is 11.9 Å². The number of carboxylic acid groups (broad SMARTS) is 2. The van der Waals surface area contributed by atoms with Crippen molar-refractivity contribution in [1.82, 2.24) is 4.98 Å². The van der Waals surface area contributed by atoms with Gasteiger partial charge in [0.15, 0.2) is 0 Å². The van der Waals surface area contributed by atoms with Crippen molar-refractivity contribution in [1.29, 1.82) is 0 Å². The van der Waals surface area contributed by atoms with E-state index in [1.165, 1.54) is 0 Å². The minimum atomic E-state index is -0.988. The third-order valence-corrected chi connectivity index (χ3v) is 1.94. The van der Waals surface area contributed by atoms with Crippen molar-refractivity contribution in [3.63, 3.8) is 0 Å². The monoisotopic (exact) mass is 197 g/mol. The quantitative estimate of drug-likeness (QED) is 0.658. The first-order valence-corrected chi connectivity index (χ1v) is 4.16. The van der Waals surface area contributed by atoms with Crippen LogP contribution in [0.3, 0.4) is 0 Å². The number of hydrogen-bond donors (Lipinski definition) is 3. The molecule has 76 valence electrons. The number of carboxylic acids is 2. The van der Waals surface area contributed by atoms with Gasteiger partial charge in [-0.15, -0.1) is 0 Å². The average Bonchev–Trinajstić information content (AvgIpc) is 2.52. The maximum atomic E-state index is 10.5. The zero-order valence-electron chi connectivity index (χ0n) is 7.43. The van der Waals surface area contributed by atoms with E-state index in [-0.39, 0.29) is 12.8 Å². The van der Waals surface area contributed by atoms with Gasteiger partial charge in [0.25, 0.3) is 0 Å². The molecule has 0 spiro atoms. The van der Waals surface area contributed by atoms with E-state index in [9.17, 15) is 9.59 Å². The van der Waals surface area contributed by atoms with Crippen LogP contribution < -0.4 is 0 Å². The van der Waals surface area contributed by atoms with Crippen LogP contribution in [0.1, 0.15) is 24.3 Å². The summed E-state index contributed by atoms with van der Waals surface area (Å²) < 4.78 is 0. The third-order valence-electron chi connectivity index (χ3n) is 1.94. The van der Waals surface area contributed by atoms with Crippen molar-refractivity contribution in [2.24, 2.45) is 0 Å². The van der Waals surface area contributed by atoms with Gasteiger partial charge in [0.2, 0.25) is 0 Å². The summed E-state index contributed by atoms with van der Waals surface area (Å²) in [7, 11) is 0. The molecule has 3 N–H and O–H groups in total. The SMILES string of the molecule is O=C(O)CC(CC(=O)O)c1cc[nH]c1. The standard InChI is InChI=1S/C9H11NO4/c11-8(12)3-7(4-9(13)14)6-1-2-10-5-6/h1-2,5,7,10H,3-4H2,(H,11,12)(H,13,14). The predicted octanol–water partition coefficient (Wildman–Crippen LogP) is 1.05. The van der Waals surface area contributed by atoms with Crippen LogP contribution in [0.2, 0.25) is 0 Å². The Kier molecular flexibility index (Phi) is 3.28. The first-order chi connectivity index (χ1) is 6.59. The molecule has 1 rings (SSSR count). The highest BCUT2D eigenvalue weighted by atomic mass is 16.4. The van der Waals surface area contributed by atoms with Crippen LogP contribution >= 0.6 is 0 Å². The Balaban J connectivity index is 2.71. The highest BCUT2D eigenvalue weighted by Gasteiger charge is 2.18. The van der Waals surface area contributed by atoms with Crippen LogP contribution in [0.5, 0.6) is 0 Å². The Labute approximate surface area is 80.4 Å². The van der Waals surface area contributed by atoms with E-state index in [2.05, 4.69) is 4.98 Å². The molecule has 14 heavy (non-hydrogen) atoms. The highest BCUT2D eigenvalue weighted by molar-refractivity contribution is 5.72. The third kappa shape index (κ3) is 2.93. The molecule has 0 fully saturated rings. The van der Waals surface area contributed by atoms with Crippen LogP contribution in [0.25, 0.3) is 0 Å². The number of carbonyl (C=O) groups is 2. The number of aliphatic carboxylic acids is 2. The zero-order chi connectivity index (χ0) is 10.6. The van der Waals surface area contributed by atoms with Gasteiger partial charge in [-0.05, 0) is 11.6 Å². The Morgan fingerprint density at radius 2 is 1.86 bits per heavy atom. The van der Waals surface area contributed by atoms with Crippen LogP contribution in [-0.2, 0) is 9.59 Å². The average molecular weight is 197 g/mol. The predicted molar refractivity (Wildman–Crippen MR) is 48.0 cm³/mol. The van der Waals surface area contributed by atoms with Crippen molar-refractivity contribution < 1.29 is 19.8 Å². The lowest BCUT2D eigenvalue weighted by Gasteiger charge is -2.09. The lowest BCUT2D eigenvalue weighted by atomic mass is 9.95. The summed E-state index contributed by atoms with van der Waals surface area (Å²) in [4.78, 5) is 23.7. The number of aromatic nitrogens is 1. The summed E-state index contributed by atoms with van der Waals surface area (Å²) in [6.07, 6.45) is 2.94. The van der Waals surface area contributed by atoms with Crippen molar-refractivity contribution in [3.05, 3.63) is 24.0 Å². The number of aromatic amines is 1. The molecule has 0 radical (unpaired) electrons. The second kappa shape index (κ2) is 4.45. The first-order valence-electron chi connectivity index (χ1n) is 4.16. The van der Waals surface area contributed by atoms with Crippen LogP contribution in [0.15, 0.2) is 18.5 Å². The normalized spacial score (nSPS) is 10.4. The molecule has 1 aromatic heterocycles. The van der Waals surface area contributed by atoms with Gasteiger partial charge in [0.1, 0.15) is 0 Å². The molecule has 0 unspecified atom stereocenters. The molecule has 0 aromatic carbocycles. The van der Waals surface area contributed by atoms with Gasteiger partial charge in [-0.2, -0.15) is 0 Å². The molecule has 5 nitrogen and oxygen atoms in total. The van der Waals surface area contributed by atoms with Crippen LogP contribution in [0.4, 0.5) is 0 Å². The Hall–Kier alpha value is -1.78. The van der Waals surface area contributed by atoms with E-state index in [4.69, 9.17) is 10.2 Å². The molecule has 0 aliphatic carbocycles. The molecular formula is C9H11NO4. The van der Waals surface area contributed by atoms with Gasteiger partial charge in [0.05, 0.1) is 12.8 Å². The van der Waals surface area contributed by atoms with Gasteiger partial charge in [-0.1, -0.05) is 0 Å². The lowest BCUT2D eigenvalue weighted by molar-refractivity contribution is -0.139. The zero-order valence-corrected chi connectivity index (χ0v) is 7.43. The molecule has 5 heteroatoms. The van der Waals surface area contributed by atoms with Gasteiger partial charge < -0.3 is 15.2 Å². The largest absolute Gasteiger partial charge is 0.481 e. The van der Waals surface area contributed by atoms with Crippen molar-refractivity contribution in [2.45, 2.75) is 18.8 Å². The van der Waals surface area contributed by atoms with Crippen LogP contribution in [-0.4, -0.2) is 27.1 Å². The molecule has 0 amide bonds. The second-order valence-electron chi connectivity index (χ2n) is 3.04. The first kappa shape index (κ1) is 10.3. The number of hydrogen-bond acceptors (Lipinski definition) is 2. The van der Waals surface area contributed by atoms with E-state index in [0.717, 1.165) is 5.56 Å². The lowest BCUT2D eigenvalue weighted by Crippen LogP contribution is -2.10. The summed E-state index contributed by atoms with van der Waals surface area (Å²) >= 11 is 0. The fourth-order valence-corrected chi connectivity index (χ4v) is 1.32. The molecule has 0 saturated carbocycles. The fraction of sp³-hybridized carbons (Fsp3) is 0.333. The number of nitrogens with one attached hydrogen (secondary N) is 1. The summed E-state index contributed by atoms with van der Waals surface area (Å²) in [6.45, 7) is 0. The molecular weight excluding hydrogens is 186 g/mol. The van der Waals surface area contributed by atoms with Crippen LogP contribution in [0, 0.1) is 0 Å². The van der Waals surface area contributed by atoms with Gasteiger partial charge in [-0.25, -0.2) is 0 Å². The van der Waals surface area contributed by atoms with E-state index in [1.54, 1.807) is 18.5 Å². The maximum Gasteiger partial charge on any atom is 0.303 e. The Morgan fingerprint density at radius 3 is 2.21 bits per heavy atom. The number of H-pyrrole nitrogens is 1. The summed E-state index contributed by atoms with van der Waals surface area (Å²) in [5, 5.41) is 17.2. The van der Waals surface area contributed by atoms with Gasteiger partial charge >= 0.3 is 11.9 Å². The molecule has 1 aromatic rings. The summed E-state index contributed by atoms with van der Waals surface area (Å²) in [5.74, 6) is -2.44. The Bertz CT molecular complexity index is 302. The van der Waals surface area contributed by atoms with Crippen molar-refractivity contribution in [2.75, 3.05) is 0 Å². The molecule has 1 heterocycles. The minimum Gasteiger partial charge on any atom is -0.481 e. The second-order valence-corrected chi connectivity index (χ2v) is 3.04. The minimum absolute atomic E-state index is 0.163. The van der Waals surface area contributed by atoms with Crippen molar-refractivity contribution in [3.8, 4) is 0 Å². The fourth-order valence-electron chi connectivity index (χ4n) is 1.32. The van der Waals surface area contributed by atoms with E-state index < -0.39 is 17.9 Å². The maximum absolute atomic E-state index is 10.5. The summed E-state index contributed by atoms with van der Waals surface area (Å²) in [5.41, 5.74) is 0.717. The molecule has 0 atom stereocenters. The molecule has 0 aliphatic rings. The highest BCUT2D eigenvalue weighted by Crippen LogP contribution is 2.22. The van der Waals surface area contributed by atoms with Gasteiger partial charge in [0, 0.05) is 18.3 Å². The molecule has 0 bridgehead atoms. The Morgan fingerprint density at radius 1 is 1.29 bits per heavy atom. The summed E-state index contributed by atoms with van der Waals surface area (Å²) in [6, 6.07) is 1.69. The molecule has 0 aliphatic heterocycles. The van der Waals surface area contributed by atoms with E-state index >= 15 is 0 Å². The topological polar surface area (TPSA) is 90.4 Å². The van der Waals surface area contributed by atoms with Gasteiger partial charge in [-0.3, -0.25) is 9.59 Å². The molecule has 0 saturated heterocycles.